The van der Waals surface area contributed by atoms with Crippen LogP contribution < -0.4 is 0 Å². The first-order chi connectivity index (χ1) is 9.66. The average molecular weight is 289 g/mol. The third-order valence-electron chi connectivity index (χ3n) is 3.10. The molecular weight excluding hydrogens is 278 g/mol. The van der Waals surface area contributed by atoms with Crippen LogP contribution in [0, 0.1) is 0 Å². The van der Waals surface area contributed by atoms with Gasteiger partial charge in [0, 0.05) is 5.75 Å². The number of aliphatic carboxylic acids is 1. The largest absolute Gasteiger partial charge is 0.480 e. The number of carboxylic acids is 1. The third-order valence-corrected chi connectivity index (χ3v) is 4.11. The van der Waals surface area contributed by atoms with Crippen molar-refractivity contribution in [2.75, 3.05) is 11.6 Å². The highest BCUT2D eigenvalue weighted by molar-refractivity contribution is 7.99. The number of nitrogens with zero attached hydrogens (tertiary/aromatic N) is 3. The Balaban J connectivity index is 1.94. The summed E-state index contributed by atoms with van der Waals surface area (Å²) in [6.07, 6.45) is 1.40. The van der Waals surface area contributed by atoms with Gasteiger partial charge >= 0.3 is 5.97 Å². The Labute approximate surface area is 118 Å². The van der Waals surface area contributed by atoms with Crippen LogP contribution in [-0.4, -0.2) is 49.5 Å². The highest BCUT2D eigenvalue weighted by atomic mass is 32.2. The van der Waals surface area contributed by atoms with Crippen LogP contribution in [0.1, 0.15) is 10.5 Å². The maximum Gasteiger partial charge on any atom is 0.327 e. The average Bonchev–Trinajstić information content (AvgIpc) is 2.95. The molecule has 1 aromatic heterocycles. The van der Waals surface area contributed by atoms with Crippen LogP contribution >= 0.6 is 11.8 Å². The summed E-state index contributed by atoms with van der Waals surface area (Å²) in [6.45, 7) is 0. The van der Waals surface area contributed by atoms with E-state index >= 15 is 0 Å². The number of benzene rings is 1. The molecule has 7 heteroatoms. The molecule has 1 aliphatic heterocycles. The van der Waals surface area contributed by atoms with E-state index in [4.69, 9.17) is 5.11 Å². The topological polar surface area (TPSA) is 83.4 Å². The van der Waals surface area contributed by atoms with Crippen LogP contribution in [0.5, 0.6) is 0 Å². The summed E-state index contributed by atoms with van der Waals surface area (Å²) in [7, 11) is 0. The summed E-state index contributed by atoms with van der Waals surface area (Å²) in [4.78, 5) is 33.2. The van der Waals surface area contributed by atoms with E-state index in [1.807, 2.05) is 18.2 Å². The summed E-state index contributed by atoms with van der Waals surface area (Å²) < 4.78 is 0. The molecule has 102 valence electrons. The van der Waals surface area contributed by atoms with Gasteiger partial charge in [-0.2, -0.15) is 0 Å². The lowest BCUT2D eigenvalue weighted by Crippen LogP contribution is -2.42. The molecule has 1 unspecified atom stereocenters. The standard InChI is InChI=1S/C13H11N3O3S/c17-12(16-7-20-6-11(16)13(18)19)10-5-14-8-3-1-2-4-9(8)15-10/h1-5,11H,6-7H2,(H,18,19). The summed E-state index contributed by atoms with van der Waals surface area (Å²) in [5.41, 5.74) is 1.50. The van der Waals surface area contributed by atoms with Crippen LogP contribution in [0.2, 0.25) is 0 Å². The second-order valence-electron chi connectivity index (χ2n) is 4.37. The SMILES string of the molecule is O=C(O)C1CSCN1C(=O)c1cnc2ccccc2n1. The number of carbonyl (C=O) groups excluding carboxylic acids is 1. The highest BCUT2D eigenvalue weighted by Gasteiger charge is 2.35. The molecule has 1 aromatic carbocycles. The lowest BCUT2D eigenvalue weighted by atomic mass is 10.2. The third kappa shape index (κ3) is 2.20. The van der Waals surface area contributed by atoms with Crippen LogP contribution in [0.25, 0.3) is 11.0 Å². The number of hydrogen-bond acceptors (Lipinski definition) is 5. The van der Waals surface area contributed by atoms with Crippen molar-refractivity contribution in [1.82, 2.24) is 14.9 Å². The first-order valence-electron chi connectivity index (χ1n) is 6.00. The molecule has 1 aliphatic rings. The number of aromatic nitrogens is 2. The zero-order valence-electron chi connectivity index (χ0n) is 10.4. The fourth-order valence-corrected chi connectivity index (χ4v) is 3.20. The molecular formula is C13H11N3O3S. The van der Waals surface area contributed by atoms with Gasteiger partial charge in [-0.15, -0.1) is 11.8 Å². The Kier molecular flexibility index (Phi) is 3.27. The van der Waals surface area contributed by atoms with Crippen molar-refractivity contribution in [2.45, 2.75) is 6.04 Å². The number of thioether (sulfide) groups is 1. The molecule has 1 saturated heterocycles. The zero-order chi connectivity index (χ0) is 14.1. The maximum atomic E-state index is 12.4. The quantitative estimate of drug-likeness (QED) is 0.895. The van der Waals surface area contributed by atoms with Gasteiger partial charge in [0.2, 0.25) is 0 Å². The van der Waals surface area contributed by atoms with Crippen molar-refractivity contribution in [3.63, 3.8) is 0 Å². The molecule has 2 aromatic rings. The molecule has 3 rings (SSSR count). The van der Waals surface area contributed by atoms with Crippen LogP contribution in [0.4, 0.5) is 0 Å². The molecule has 2 heterocycles. The molecule has 0 bridgehead atoms. The van der Waals surface area contributed by atoms with Crippen LogP contribution in [0.15, 0.2) is 30.5 Å². The molecule has 20 heavy (non-hydrogen) atoms. The van der Waals surface area contributed by atoms with Gasteiger partial charge in [0.25, 0.3) is 5.91 Å². The molecule has 0 radical (unpaired) electrons. The summed E-state index contributed by atoms with van der Waals surface area (Å²) in [5, 5.41) is 9.11. The Morgan fingerprint density at radius 3 is 2.80 bits per heavy atom. The molecule has 0 aliphatic carbocycles. The second kappa shape index (κ2) is 5.09. The molecule has 0 saturated carbocycles. The minimum Gasteiger partial charge on any atom is -0.480 e. The van der Waals surface area contributed by atoms with Crippen molar-refractivity contribution in [3.05, 3.63) is 36.2 Å². The Morgan fingerprint density at radius 1 is 1.30 bits per heavy atom. The number of amides is 1. The van der Waals surface area contributed by atoms with Crippen molar-refractivity contribution < 1.29 is 14.7 Å². The van der Waals surface area contributed by atoms with Crippen molar-refractivity contribution in [3.8, 4) is 0 Å². The summed E-state index contributed by atoms with van der Waals surface area (Å²) in [6, 6.07) is 6.45. The normalized spacial score (nSPS) is 18.4. The van der Waals surface area contributed by atoms with E-state index in [1.54, 1.807) is 6.07 Å². The van der Waals surface area contributed by atoms with Crippen LogP contribution in [-0.2, 0) is 4.79 Å². The molecule has 1 N–H and O–H groups in total. The molecule has 0 spiro atoms. The Morgan fingerprint density at radius 2 is 2.05 bits per heavy atom. The lowest BCUT2D eigenvalue weighted by Gasteiger charge is -2.19. The van der Waals surface area contributed by atoms with Gasteiger partial charge in [0.05, 0.1) is 23.1 Å². The van der Waals surface area contributed by atoms with E-state index in [-0.39, 0.29) is 11.6 Å². The first kappa shape index (κ1) is 12.9. The number of carboxylic acid groups (broad SMARTS) is 1. The van der Waals surface area contributed by atoms with Gasteiger partial charge in [-0.25, -0.2) is 9.78 Å². The number of fused-ring (bicyclic) bond motifs is 1. The van der Waals surface area contributed by atoms with E-state index in [9.17, 15) is 9.59 Å². The van der Waals surface area contributed by atoms with E-state index in [0.29, 0.717) is 22.7 Å². The number of hydrogen-bond donors (Lipinski definition) is 1. The molecule has 1 atom stereocenters. The van der Waals surface area contributed by atoms with E-state index in [2.05, 4.69) is 9.97 Å². The van der Waals surface area contributed by atoms with Crippen molar-refractivity contribution in [2.24, 2.45) is 0 Å². The Bertz CT molecular complexity index is 691. The summed E-state index contributed by atoms with van der Waals surface area (Å²) >= 11 is 1.42. The molecule has 1 fully saturated rings. The summed E-state index contributed by atoms with van der Waals surface area (Å²) in [5.74, 6) is -0.607. The van der Waals surface area contributed by atoms with Gasteiger partial charge in [-0.1, -0.05) is 12.1 Å². The predicted octanol–water partition coefficient (Wildman–Crippen LogP) is 1.23. The van der Waals surface area contributed by atoms with Gasteiger partial charge in [-0.3, -0.25) is 9.78 Å². The lowest BCUT2D eigenvalue weighted by molar-refractivity contribution is -0.140. The predicted molar refractivity (Wildman–Crippen MR) is 74.5 cm³/mol. The van der Waals surface area contributed by atoms with E-state index in [0.717, 1.165) is 0 Å². The fraction of sp³-hybridized carbons (Fsp3) is 0.231. The monoisotopic (exact) mass is 289 g/mol. The zero-order valence-corrected chi connectivity index (χ0v) is 11.2. The maximum absolute atomic E-state index is 12.4. The number of carbonyl (C=O) groups is 2. The van der Waals surface area contributed by atoms with Gasteiger partial charge in [-0.05, 0) is 12.1 Å². The minimum atomic E-state index is -0.989. The second-order valence-corrected chi connectivity index (χ2v) is 5.37. The number of para-hydroxylation sites is 2. The van der Waals surface area contributed by atoms with Crippen molar-refractivity contribution >= 4 is 34.7 Å². The van der Waals surface area contributed by atoms with E-state index < -0.39 is 12.0 Å². The number of rotatable bonds is 2. The van der Waals surface area contributed by atoms with Gasteiger partial charge in [0.1, 0.15) is 11.7 Å². The minimum absolute atomic E-state index is 0.178. The van der Waals surface area contributed by atoms with Crippen LogP contribution in [0.3, 0.4) is 0 Å². The van der Waals surface area contributed by atoms with Gasteiger partial charge in [0.15, 0.2) is 0 Å². The van der Waals surface area contributed by atoms with E-state index in [1.165, 1.54) is 22.9 Å². The molecule has 1 amide bonds. The molecule has 6 nitrogen and oxygen atoms in total. The fourth-order valence-electron chi connectivity index (χ4n) is 2.05. The Hall–Kier alpha value is -2.15. The van der Waals surface area contributed by atoms with Gasteiger partial charge < -0.3 is 10.0 Å². The van der Waals surface area contributed by atoms with Crippen molar-refractivity contribution in [1.29, 1.82) is 0 Å². The smallest absolute Gasteiger partial charge is 0.327 e. The first-order valence-corrected chi connectivity index (χ1v) is 7.15. The highest BCUT2D eigenvalue weighted by Crippen LogP contribution is 2.23.